The van der Waals surface area contributed by atoms with Crippen LogP contribution < -0.4 is 16.6 Å². The first-order valence-electron chi connectivity index (χ1n) is 5.08. The van der Waals surface area contributed by atoms with Crippen molar-refractivity contribution >= 4 is 22.6 Å². The van der Waals surface area contributed by atoms with E-state index in [0.29, 0.717) is 6.07 Å². The summed E-state index contributed by atoms with van der Waals surface area (Å²) in [6.07, 6.45) is -4.67. The molecule has 1 aromatic heterocycles. The van der Waals surface area contributed by atoms with Gasteiger partial charge in [-0.3, -0.25) is 4.79 Å². The number of carbonyl (C=O) groups excluding carboxylic acids is 1. The van der Waals surface area contributed by atoms with Crippen molar-refractivity contribution < 1.29 is 18.0 Å². The SMILES string of the molecule is NC(=O)Nc1ccc2[nH]c(=O)cc(C(F)(F)F)c2c1. The van der Waals surface area contributed by atoms with Crippen LogP contribution in [0.1, 0.15) is 5.56 Å². The lowest BCUT2D eigenvalue weighted by Crippen LogP contribution is -2.19. The summed E-state index contributed by atoms with van der Waals surface area (Å²) in [5, 5.41) is 1.95. The molecule has 0 saturated heterocycles. The Morgan fingerprint density at radius 3 is 2.53 bits per heavy atom. The van der Waals surface area contributed by atoms with Crippen molar-refractivity contribution in [2.45, 2.75) is 6.18 Å². The number of carbonyl (C=O) groups is 1. The van der Waals surface area contributed by atoms with Crippen LogP contribution in [-0.4, -0.2) is 11.0 Å². The zero-order valence-corrected chi connectivity index (χ0v) is 9.34. The van der Waals surface area contributed by atoms with Gasteiger partial charge in [-0.25, -0.2) is 4.79 Å². The third-order valence-corrected chi connectivity index (χ3v) is 2.42. The second kappa shape index (κ2) is 4.30. The Balaban J connectivity index is 2.72. The topological polar surface area (TPSA) is 88.0 Å². The first-order valence-corrected chi connectivity index (χ1v) is 5.08. The minimum atomic E-state index is -4.67. The number of hydrogen-bond donors (Lipinski definition) is 3. The number of alkyl halides is 3. The molecule has 0 bridgehead atoms. The molecule has 2 rings (SSSR count). The number of urea groups is 1. The van der Waals surface area contributed by atoms with Crippen molar-refractivity contribution in [3.05, 3.63) is 40.2 Å². The fourth-order valence-electron chi connectivity index (χ4n) is 1.71. The zero-order valence-electron chi connectivity index (χ0n) is 9.34. The van der Waals surface area contributed by atoms with E-state index in [1.165, 1.54) is 12.1 Å². The lowest BCUT2D eigenvalue weighted by atomic mass is 10.1. The molecule has 8 heteroatoms. The van der Waals surface area contributed by atoms with Gasteiger partial charge in [-0.15, -0.1) is 0 Å². The van der Waals surface area contributed by atoms with Crippen molar-refractivity contribution in [3.63, 3.8) is 0 Å². The molecule has 5 nitrogen and oxygen atoms in total. The third kappa shape index (κ3) is 2.67. The molecule has 0 fully saturated rings. The maximum atomic E-state index is 12.8. The standard InChI is InChI=1S/C11H8F3N3O2/c12-11(13,14)7-4-9(18)17-8-2-1-5(3-6(7)8)16-10(15)19/h1-4H,(H,17,18)(H3,15,16,19). The average Bonchev–Trinajstić information content (AvgIpc) is 2.26. The Morgan fingerprint density at radius 1 is 1.26 bits per heavy atom. The molecule has 0 unspecified atom stereocenters. The number of anilines is 1. The number of nitrogens with one attached hydrogen (secondary N) is 2. The van der Waals surface area contributed by atoms with E-state index >= 15 is 0 Å². The minimum absolute atomic E-state index is 0.0230. The largest absolute Gasteiger partial charge is 0.417 e. The van der Waals surface area contributed by atoms with Gasteiger partial charge in [0.25, 0.3) is 0 Å². The highest BCUT2D eigenvalue weighted by Crippen LogP contribution is 2.34. The molecule has 19 heavy (non-hydrogen) atoms. The molecule has 100 valence electrons. The van der Waals surface area contributed by atoms with Gasteiger partial charge < -0.3 is 16.0 Å². The minimum Gasteiger partial charge on any atom is -0.351 e. The number of benzene rings is 1. The van der Waals surface area contributed by atoms with E-state index in [1.807, 2.05) is 0 Å². The summed E-state index contributed by atoms with van der Waals surface area (Å²) in [6.45, 7) is 0. The first-order chi connectivity index (χ1) is 8.77. The van der Waals surface area contributed by atoms with Gasteiger partial charge in [-0.1, -0.05) is 0 Å². The van der Waals surface area contributed by atoms with Gasteiger partial charge in [0.15, 0.2) is 0 Å². The first kappa shape index (κ1) is 12.9. The highest BCUT2D eigenvalue weighted by atomic mass is 19.4. The summed E-state index contributed by atoms with van der Waals surface area (Å²) in [6, 6.07) is 3.27. The molecule has 1 heterocycles. The van der Waals surface area contributed by atoms with Crippen LogP contribution in [0.2, 0.25) is 0 Å². The van der Waals surface area contributed by atoms with E-state index in [9.17, 15) is 22.8 Å². The average molecular weight is 271 g/mol. The monoisotopic (exact) mass is 271 g/mol. The predicted octanol–water partition coefficient (Wildman–Crippen LogP) is 2.04. The van der Waals surface area contributed by atoms with Crippen LogP contribution in [0.4, 0.5) is 23.7 Å². The van der Waals surface area contributed by atoms with Gasteiger partial charge in [0.2, 0.25) is 5.56 Å². The molecule has 0 spiro atoms. The maximum absolute atomic E-state index is 12.8. The number of primary amides is 1. The number of nitrogens with two attached hydrogens (primary N) is 1. The van der Waals surface area contributed by atoms with Crippen molar-refractivity contribution in [1.29, 1.82) is 0 Å². The Kier molecular flexibility index (Phi) is 2.93. The highest BCUT2D eigenvalue weighted by molar-refractivity contribution is 5.92. The number of fused-ring (bicyclic) bond motifs is 1. The van der Waals surface area contributed by atoms with Gasteiger partial charge in [-0.2, -0.15) is 13.2 Å². The second-order valence-electron chi connectivity index (χ2n) is 3.79. The van der Waals surface area contributed by atoms with Crippen LogP contribution in [0.15, 0.2) is 29.1 Å². The van der Waals surface area contributed by atoms with Gasteiger partial charge in [0.1, 0.15) is 0 Å². The van der Waals surface area contributed by atoms with Gasteiger partial charge >= 0.3 is 12.2 Å². The van der Waals surface area contributed by atoms with Crippen molar-refractivity contribution in [2.24, 2.45) is 5.73 Å². The third-order valence-electron chi connectivity index (χ3n) is 2.42. The number of halogens is 3. The Hall–Kier alpha value is -2.51. The second-order valence-corrected chi connectivity index (χ2v) is 3.79. The molecular weight excluding hydrogens is 263 g/mol. The zero-order chi connectivity index (χ0) is 14.2. The van der Waals surface area contributed by atoms with Crippen molar-refractivity contribution in [1.82, 2.24) is 4.98 Å². The molecule has 0 aliphatic heterocycles. The maximum Gasteiger partial charge on any atom is 0.417 e. The summed E-state index contributed by atoms with van der Waals surface area (Å²) >= 11 is 0. The molecule has 2 aromatic rings. The number of aromatic nitrogens is 1. The molecule has 0 saturated carbocycles. The number of hydrogen-bond acceptors (Lipinski definition) is 2. The number of H-pyrrole nitrogens is 1. The number of aromatic amines is 1. The van der Waals surface area contributed by atoms with Crippen molar-refractivity contribution in [3.8, 4) is 0 Å². The van der Waals surface area contributed by atoms with Gasteiger partial charge in [0, 0.05) is 22.7 Å². The molecule has 0 radical (unpaired) electrons. The molecule has 0 aliphatic carbocycles. The number of pyridine rings is 1. The fraction of sp³-hybridized carbons (Fsp3) is 0.0909. The van der Waals surface area contributed by atoms with Gasteiger partial charge in [0.05, 0.1) is 5.56 Å². The highest BCUT2D eigenvalue weighted by Gasteiger charge is 2.33. The Labute approximate surface area is 104 Å². The van der Waals surface area contributed by atoms with Crippen LogP contribution >= 0.6 is 0 Å². The molecular formula is C11H8F3N3O2. The van der Waals surface area contributed by atoms with Gasteiger partial charge in [-0.05, 0) is 18.2 Å². The smallest absolute Gasteiger partial charge is 0.351 e. The van der Waals surface area contributed by atoms with E-state index in [1.54, 1.807) is 0 Å². The molecule has 1 aromatic carbocycles. The van der Waals surface area contributed by atoms with E-state index < -0.39 is 23.3 Å². The fourth-order valence-corrected chi connectivity index (χ4v) is 1.71. The Bertz CT molecular complexity index is 706. The molecule has 0 aliphatic rings. The van der Waals surface area contributed by atoms with Crippen LogP contribution in [0.25, 0.3) is 10.9 Å². The van der Waals surface area contributed by atoms with Crippen LogP contribution in [0, 0.1) is 0 Å². The summed E-state index contributed by atoms with van der Waals surface area (Å²) in [5.74, 6) is 0. The molecule has 4 N–H and O–H groups in total. The van der Waals surface area contributed by atoms with Crippen molar-refractivity contribution in [2.75, 3.05) is 5.32 Å². The van der Waals surface area contributed by atoms with E-state index in [0.717, 1.165) is 6.07 Å². The molecule has 0 atom stereocenters. The quantitative estimate of drug-likeness (QED) is 0.741. The number of rotatable bonds is 1. The molecule has 2 amide bonds. The lowest BCUT2D eigenvalue weighted by Gasteiger charge is -2.11. The summed E-state index contributed by atoms with van der Waals surface area (Å²) < 4.78 is 38.5. The predicted molar refractivity (Wildman–Crippen MR) is 62.8 cm³/mol. The summed E-state index contributed by atoms with van der Waals surface area (Å²) in [7, 11) is 0. The van der Waals surface area contributed by atoms with E-state index in [-0.39, 0.29) is 16.6 Å². The lowest BCUT2D eigenvalue weighted by molar-refractivity contribution is -0.136. The summed E-state index contributed by atoms with van der Waals surface area (Å²) in [4.78, 5) is 24.1. The van der Waals surface area contributed by atoms with E-state index in [2.05, 4.69) is 10.3 Å². The number of amides is 2. The Morgan fingerprint density at radius 2 is 1.95 bits per heavy atom. The normalized spacial score (nSPS) is 11.5. The van der Waals surface area contributed by atoms with E-state index in [4.69, 9.17) is 5.73 Å². The van der Waals surface area contributed by atoms with Crippen LogP contribution in [0.3, 0.4) is 0 Å². The van der Waals surface area contributed by atoms with Crippen LogP contribution in [-0.2, 0) is 6.18 Å². The van der Waals surface area contributed by atoms with Crippen LogP contribution in [0.5, 0.6) is 0 Å². The summed E-state index contributed by atoms with van der Waals surface area (Å²) in [5.41, 5.74) is 3.10.